The molecule has 2 N–H and O–H groups in total. The zero-order valence-corrected chi connectivity index (χ0v) is 18.4. The van der Waals surface area contributed by atoms with E-state index in [1.54, 1.807) is 16.9 Å². The number of hydrogen-bond donors (Lipinski definition) is 2. The van der Waals surface area contributed by atoms with Crippen molar-refractivity contribution >= 4 is 51.6 Å². The Kier molecular flexibility index (Phi) is 6.25. The lowest BCUT2D eigenvalue weighted by Crippen LogP contribution is -2.34. The first kappa shape index (κ1) is 21.0. The van der Waals surface area contributed by atoms with Crippen LogP contribution in [0.15, 0.2) is 66.7 Å². The van der Waals surface area contributed by atoms with Gasteiger partial charge in [0.05, 0.1) is 5.69 Å². The molecule has 31 heavy (non-hydrogen) atoms. The Morgan fingerprint density at radius 1 is 1.03 bits per heavy atom. The fourth-order valence-corrected chi connectivity index (χ4v) is 3.49. The fraction of sp³-hybridized carbons (Fsp3) is 0.130. The van der Waals surface area contributed by atoms with Crippen molar-refractivity contribution in [3.63, 3.8) is 0 Å². The van der Waals surface area contributed by atoms with Crippen molar-refractivity contribution in [2.75, 3.05) is 5.32 Å². The number of thiocarbonyl (C=S) groups is 1. The van der Waals surface area contributed by atoms with Crippen LogP contribution in [-0.2, 0) is 11.2 Å². The van der Waals surface area contributed by atoms with E-state index in [1.165, 1.54) is 0 Å². The summed E-state index contributed by atoms with van der Waals surface area (Å²) < 4.78 is 0. The van der Waals surface area contributed by atoms with Crippen LogP contribution in [0.5, 0.6) is 0 Å². The summed E-state index contributed by atoms with van der Waals surface area (Å²) in [5.74, 6) is -0.131. The molecule has 0 saturated carbocycles. The maximum Gasteiger partial charge on any atom is 0.226 e. The second kappa shape index (κ2) is 9.24. The van der Waals surface area contributed by atoms with Crippen LogP contribution in [-0.4, -0.2) is 26.0 Å². The number of rotatable bonds is 5. The first-order chi connectivity index (χ1) is 15.0. The third-order valence-electron chi connectivity index (χ3n) is 4.77. The van der Waals surface area contributed by atoms with Crippen LogP contribution in [0, 0.1) is 6.92 Å². The number of anilines is 1. The number of hydrogen-bond acceptors (Lipinski definition) is 4. The van der Waals surface area contributed by atoms with Gasteiger partial charge in [-0.3, -0.25) is 4.79 Å². The molecular weight excluding hydrogens is 430 g/mol. The Hall–Kier alpha value is -3.29. The van der Waals surface area contributed by atoms with Crippen LogP contribution in [0.3, 0.4) is 0 Å². The third kappa shape index (κ3) is 5.25. The Labute approximate surface area is 190 Å². The largest absolute Gasteiger partial charge is 0.332 e. The predicted octanol–water partition coefficient (Wildman–Crippen LogP) is 4.83. The Morgan fingerprint density at radius 3 is 2.42 bits per heavy atom. The minimum absolute atomic E-state index is 0.131. The molecule has 4 rings (SSSR count). The molecule has 6 nitrogen and oxygen atoms in total. The zero-order chi connectivity index (χ0) is 21.8. The number of amides is 1. The fourth-order valence-electron chi connectivity index (χ4n) is 3.14. The SMILES string of the molecule is Cc1cc2nn(-c3ccc(Cl)cc3)nc2cc1NC(=S)NC(=O)CCc1ccccc1. The summed E-state index contributed by atoms with van der Waals surface area (Å²) in [6.07, 6.45) is 1.02. The average Bonchev–Trinajstić information content (AvgIpc) is 3.16. The molecule has 156 valence electrons. The maximum atomic E-state index is 12.2. The molecule has 0 spiro atoms. The van der Waals surface area contributed by atoms with Crippen molar-refractivity contribution in [2.24, 2.45) is 0 Å². The van der Waals surface area contributed by atoms with Gasteiger partial charge in [-0.25, -0.2) is 0 Å². The quantitative estimate of drug-likeness (QED) is 0.427. The van der Waals surface area contributed by atoms with E-state index in [0.29, 0.717) is 23.4 Å². The Morgan fingerprint density at radius 2 is 1.71 bits per heavy atom. The van der Waals surface area contributed by atoms with Crippen LogP contribution in [0.25, 0.3) is 16.7 Å². The second-order valence-electron chi connectivity index (χ2n) is 7.11. The van der Waals surface area contributed by atoms with E-state index in [1.807, 2.05) is 61.5 Å². The number of nitrogens with one attached hydrogen (secondary N) is 2. The van der Waals surface area contributed by atoms with E-state index in [2.05, 4.69) is 20.8 Å². The summed E-state index contributed by atoms with van der Waals surface area (Å²) in [6, 6.07) is 21.0. The number of nitrogens with zero attached hydrogens (tertiary/aromatic N) is 3. The van der Waals surface area contributed by atoms with Gasteiger partial charge in [0, 0.05) is 17.1 Å². The van der Waals surface area contributed by atoms with Crippen LogP contribution >= 0.6 is 23.8 Å². The van der Waals surface area contributed by atoms with Crippen LogP contribution in [0.2, 0.25) is 5.02 Å². The number of aryl methyl sites for hydroxylation is 2. The van der Waals surface area contributed by atoms with Crippen molar-refractivity contribution in [1.29, 1.82) is 0 Å². The molecule has 3 aromatic carbocycles. The molecule has 0 unspecified atom stereocenters. The van der Waals surface area contributed by atoms with Gasteiger partial charge in [0.2, 0.25) is 5.91 Å². The highest BCUT2D eigenvalue weighted by atomic mass is 35.5. The number of halogens is 1. The number of fused-ring (bicyclic) bond motifs is 1. The van der Waals surface area contributed by atoms with E-state index >= 15 is 0 Å². The summed E-state index contributed by atoms with van der Waals surface area (Å²) in [5, 5.41) is 15.8. The van der Waals surface area contributed by atoms with Crippen molar-refractivity contribution in [1.82, 2.24) is 20.3 Å². The van der Waals surface area contributed by atoms with Crippen molar-refractivity contribution in [2.45, 2.75) is 19.8 Å². The summed E-state index contributed by atoms with van der Waals surface area (Å²) in [6.45, 7) is 1.95. The van der Waals surface area contributed by atoms with Gasteiger partial charge in [0.15, 0.2) is 5.11 Å². The summed E-state index contributed by atoms with van der Waals surface area (Å²) in [5.41, 5.74) is 5.10. The van der Waals surface area contributed by atoms with Crippen molar-refractivity contribution in [3.05, 3.63) is 82.9 Å². The molecule has 0 radical (unpaired) electrons. The van der Waals surface area contributed by atoms with E-state index < -0.39 is 0 Å². The molecule has 4 aromatic rings. The van der Waals surface area contributed by atoms with E-state index in [0.717, 1.165) is 28.0 Å². The number of benzene rings is 3. The second-order valence-corrected chi connectivity index (χ2v) is 7.95. The minimum atomic E-state index is -0.131. The summed E-state index contributed by atoms with van der Waals surface area (Å²) in [4.78, 5) is 13.8. The van der Waals surface area contributed by atoms with E-state index in [-0.39, 0.29) is 11.0 Å². The molecule has 0 aliphatic heterocycles. The zero-order valence-electron chi connectivity index (χ0n) is 16.8. The molecule has 8 heteroatoms. The average molecular weight is 450 g/mol. The lowest BCUT2D eigenvalue weighted by molar-refractivity contribution is -0.119. The molecule has 0 saturated heterocycles. The molecule has 1 heterocycles. The first-order valence-electron chi connectivity index (χ1n) is 9.76. The number of carbonyl (C=O) groups excluding carboxylic acids is 1. The van der Waals surface area contributed by atoms with Gasteiger partial charge in [-0.15, -0.1) is 10.2 Å². The molecule has 0 aliphatic carbocycles. The molecule has 1 amide bonds. The van der Waals surface area contributed by atoms with E-state index in [9.17, 15) is 4.79 Å². The highest BCUT2D eigenvalue weighted by molar-refractivity contribution is 7.80. The van der Waals surface area contributed by atoms with Gasteiger partial charge >= 0.3 is 0 Å². The highest BCUT2D eigenvalue weighted by Crippen LogP contribution is 2.22. The Bertz CT molecular complexity index is 1240. The monoisotopic (exact) mass is 449 g/mol. The number of carbonyl (C=O) groups is 1. The Balaban J connectivity index is 1.42. The van der Waals surface area contributed by atoms with E-state index in [4.69, 9.17) is 23.8 Å². The lowest BCUT2D eigenvalue weighted by Gasteiger charge is -2.11. The molecule has 0 fully saturated rings. The van der Waals surface area contributed by atoms with Gasteiger partial charge < -0.3 is 10.6 Å². The smallest absolute Gasteiger partial charge is 0.226 e. The maximum absolute atomic E-state index is 12.2. The normalized spacial score (nSPS) is 10.8. The van der Waals surface area contributed by atoms with Gasteiger partial charge in [0.25, 0.3) is 0 Å². The van der Waals surface area contributed by atoms with Gasteiger partial charge in [-0.05, 0) is 73.1 Å². The van der Waals surface area contributed by atoms with Gasteiger partial charge in [-0.2, -0.15) is 4.80 Å². The van der Waals surface area contributed by atoms with Crippen LogP contribution in [0.1, 0.15) is 17.5 Å². The summed E-state index contributed by atoms with van der Waals surface area (Å²) >= 11 is 11.3. The predicted molar refractivity (Wildman–Crippen MR) is 128 cm³/mol. The van der Waals surface area contributed by atoms with Crippen molar-refractivity contribution in [3.8, 4) is 5.69 Å². The van der Waals surface area contributed by atoms with Gasteiger partial charge in [-0.1, -0.05) is 41.9 Å². The number of aromatic nitrogens is 3. The third-order valence-corrected chi connectivity index (χ3v) is 5.22. The molecule has 0 aliphatic rings. The van der Waals surface area contributed by atoms with Gasteiger partial charge in [0.1, 0.15) is 11.0 Å². The van der Waals surface area contributed by atoms with Crippen LogP contribution in [0.4, 0.5) is 5.69 Å². The highest BCUT2D eigenvalue weighted by Gasteiger charge is 2.11. The minimum Gasteiger partial charge on any atom is -0.332 e. The molecular formula is C23H20ClN5OS. The molecule has 0 atom stereocenters. The first-order valence-corrected chi connectivity index (χ1v) is 10.5. The summed E-state index contributed by atoms with van der Waals surface area (Å²) in [7, 11) is 0. The molecule has 0 bridgehead atoms. The lowest BCUT2D eigenvalue weighted by atomic mass is 10.1. The van der Waals surface area contributed by atoms with Crippen molar-refractivity contribution < 1.29 is 4.79 Å². The standard InChI is InChI=1S/C23H20ClN5OS/c1-15-13-20-21(28-29(27-20)18-10-8-17(24)9-11-18)14-19(15)25-23(31)26-22(30)12-7-16-5-3-2-4-6-16/h2-6,8-11,13-14H,7,12H2,1H3,(H2,25,26,30,31). The molecule has 1 aromatic heterocycles. The topological polar surface area (TPSA) is 71.8 Å². The van der Waals surface area contributed by atoms with Crippen LogP contribution < -0.4 is 10.6 Å².